The summed E-state index contributed by atoms with van der Waals surface area (Å²) in [5.41, 5.74) is 1.26. The van der Waals surface area contributed by atoms with Gasteiger partial charge in [-0.15, -0.1) is 0 Å². The molecule has 4 nitrogen and oxygen atoms in total. The Morgan fingerprint density at radius 3 is 2.82 bits per heavy atom. The zero-order valence-corrected chi connectivity index (χ0v) is 11.2. The van der Waals surface area contributed by atoms with Crippen molar-refractivity contribution in [3.8, 4) is 5.75 Å². The van der Waals surface area contributed by atoms with Gasteiger partial charge in [-0.1, -0.05) is 13.8 Å². The number of hydrogen-bond acceptors (Lipinski definition) is 3. The summed E-state index contributed by atoms with van der Waals surface area (Å²) >= 11 is 0. The lowest BCUT2D eigenvalue weighted by molar-refractivity contribution is 0.225. The number of aryl methyl sites for hydroxylation is 1. The molecule has 1 aromatic rings. The van der Waals surface area contributed by atoms with Gasteiger partial charge in [0.15, 0.2) is 5.75 Å². The lowest BCUT2D eigenvalue weighted by Crippen LogP contribution is -2.37. The van der Waals surface area contributed by atoms with Crippen molar-refractivity contribution >= 4 is 0 Å². The van der Waals surface area contributed by atoms with Crippen molar-refractivity contribution < 1.29 is 4.74 Å². The van der Waals surface area contributed by atoms with Crippen molar-refractivity contribution in [2.45, 2.75) is 38.6 Å². The summed E-state index contributed by atoms with van der Waals surface area (Å²) in [5.74, 6) is 2.26. The Labute approximate surface area is 103 Å². The highest BCUT2D eigenvalue weighted by Gasteiger charge is 2.35. The van der Waals surface area contributed by atoms with E-state index in [1.54, 1.807) is 7.11 Å². The maximum Gasteiger partial charge on any atom is 0.160 e. The van der Waals surface area contributed by atoms with E-state index in [4.69, 9.17) is 4.74 Å². The molecule has 1 aliphatic carbocycles. The monoisotopic (exact) mass is 237 g/mol. The zero-order valence-electron chi connectivity index (χ0n) is 11.2. The van der Waals surface area contributed by atoms with Gasteiger partial charge in [-0.05, 0) is 25.3 Å². The number of nitrogens with zero attached hydrogens (tertiary/aromatic N) is 2. The van der Waals surface area contributed by atoms with Gasteiger partial charge >= 0.3 is 0 Å². The van der Waals surface area contributed by atoms with Crippen LogP contribution < -0.4 is 10.1 Å². The van der Waals surface area contributed by atoms with Crippen LogP contribution in [0.1, 0.15) is 38.3 Å². The van der Waals surface area contributed by atoms with Crippen molar-refractivity contribution in [1.29, 1.82) is 0 Å². The predicted octanol–water partition coefficient (Wildman–Crippen LogP) is 1.92. The molecule has 2 unspecified atom stereocenters. The van der Waals surface area contributed by atoms with Gasteiger partial charge in [-0.2, -0.15) is 5.10 Å². The Balaban J connectivity index is 2.04. The second-order valence-corrected chi connectivity index (χ2v) is 5.23. The minimum Gasteiger partial charge on any atom is -0.493 e. The van der Waals surface area contributed by atoms with E-state index in [-0.39, 0.29) is 0 Å². The molecule has 0 aliphatic heterocycles. The van der Waals surface area contributed by atoms with Crippen LogP contribution in [0.2, 0.25) is 0 Å². The fourth-order valence-corrected chi connectivity index (χ4v) is 2.57. The van der Waals surface area contributed by atoms with Gasteiger partial charge in [0.2, 0.25) is 0 Å². The number of methoxy groups -OCH3 is 1. The van der Waals surface area contributed by atoms with E-state index >= 15 is 0 Å². The summed E-state index contributed by atoms with van der Waals surface area (Å²) in [4.78, 5) is 0. The first-order valence-corrected chi connectivity index (χ1v) is 6.42. The molecule has 17 heavy (non-hydrogen) atoms. The van der Waals surface area contributed by atoms with Crippen LogP contribution >= 0.6 is 0 Å². The smallest absolute Gasteiger partial charge is 0.160 e. The van der Waals surface area contributed by atoms with Gasteiger partial charge in [-0.25, -0.2) is 0 Å². The predicted molar refractivity (Wildman–Crippen MR) is 68.4 cm³/mol. The molecule has 0 aromatic carbocycles. The van der Waals surface area contributed by atoms with Crippen LogP contribution in [0.15, 0.2) is 6.20 Å². The molecular formula is C13H23N3O. The molecule has 2 rings (SSSR count). The highest BCUT2D eigenvalue weighted by atomic mass is 16.5. The molecule has 0 radical (unpaired) electrons. The summed E-state index contributed by atoms with van der Waals surface area (Å²) in [5, 5.41) is 7.82. The second kappa shape index (κ2) is 5.08. The van der Waals surface area contributed by atoms with Crippen LogP contribution in [-0.4, -0.2) is 29.5 Å². The van der Waals surface area contributed by atoms with Crippen molar-refractivity contribution in [2.75, 3.05) is 13.7 Å². The molecule has 1 aromatic heterocycles. The van der Waals surface area contributed by atoms with Gasteiger partial charge in [0.25, 0.3) is 0 Å². The number of aromatic nitrogens is 2. The number of nitrogens with one attached hydrogen (secondary N) is 1. The summed E-state index contributed by atoms with van der Waals surface area (Å²) in [6.07, 6.45) is 4.37. The summed E-state index contributed by atoms with van der Waals surface area (Å²) < 4.78 is 7.36. The third-order valence-electron chi connectivity index (χ3n) is 3.73. The highest BCUT2D eigenvalue weighted by molar-refractivity contribution is 5.30. The van der Waals surface area contributed by atoms with Crippen LogP contribution in [0.5, 0.6) is 5.75 Å². The Morgan fingerprint density at radius 2 is 2.29 bits per heavy atom. The largest absolute Gasteiger partial charge is 0.493 e. The molecule has 1 N–H and O–H groups in total. The first-order valence-electron chi connectivity index (χ1n) is 6.42. The van der Waals surface area contributed by atoms with E-state index in [0.29, 0.717) is 12.0 Å². The topological polar surface area (TPSA) is 39.1 Å². The van der Waals surface area contributed by atoms with Crippen LogP contribution in [0.4, 0.5) is 0 Å². The maximum absolute atomic E-state index is 5.39. The molecule has 96 valence electrons. The van der Waals surface area contributed by atoms with Gasteiger partial charge in [0.05, 0.1) is 19.0 Å². The quantitative estimate of drug-likeness (QED) is 0.850. The van der Waals surface area contributed by atoms with Gasteiger partial charge < -0.3 is 10.1 Å². The maximum atomic E-state index is 5.39. The molecule has 1 saturated carbocycles. The first-order chi connectivity index (χ1) is 8.13. The summed E-state index contributed by atoms with van der Waals surface area (Å²) in [7, 11) is 3.73. The van der Waals surface area contributed by atoms with E-state index in [1.807, 2.05) is 17.9 Å². The molecule has 0 bridgehead atoms. The van der Waals surface area contributed by atoms with Crippen molar-refractivity contribution in [3.05, 3.63) is 11.9 Å². The van der Waals surface area contributed by atoms with Gasteiger partial charge in [-0.3, -0.25) is 4.68 Å². The van der Waals surface area contributed by atoms with E-state index in [2.05, 4.69) is 24.3 Å². The SMILES string of the molecule is COc1cnn(C)c1C1CCC1CNC(C)C. The molecule has 0 spiro atoms. The zero-order chi connectivity index (χ0) is 12.4. The third kappa shape index (κ3) is 2.46. The molecular weight excluding hydrogens is 214 g/mol. The molecule has 1 aliphatic rings. The normalized spacial score (nSPS) is 23.8. The fourth-order valence-electron chi connectivity index (χ4n) is 2.57. The lowest BCUT2D eigenvalue weighted by Gasteiger charge is -2.37. The fraction of sp³-hybridized carbons (Fsp3) is 0.769. The van der Waals surface area contributed by atoms with Gasteiger partial charge in [0, 0.05) is 19.0 Å². The first kappa shape index (κ1) is 12.4. The van der Waals surface area contributed by atoms with E-state index in [0.717, 1.165) is 18.2 Å². The number of ether oxygens (including phenoxy) is 1. The molecule has 4 heteroatoms. The number of hydrogen-bond donors (Lipinski definition) is 1. The molecule has 0 amide bonds. The van der Waals surface area contributed by atoms with Gasteiger partial charge in [0.1, 0.15) is 0 Å². The Hall–Kier alpha value is -1.03. The highest BCUT2D eigenvalue weighted by Crippen LogP contribution is 2.45. The average molecular weight is 237 g/mol. The van der Waals surface area contributed by atoms with Crippen molar-refractivity contribution in [1.82, 2.24) is 15.1 Å². The van der Waals surface area contributed by atoms with Crippen molar-refractivity contribution in [2.24, 2.45) is 13.0 Å². The van der Waals surface area contributed by atoms with E-state index in [1.165, 1.54) is 18.5 Å². The van der Waals surface area contributed by atoms with E-state index < -0.39 is 0 Å². The van der Waals surface area contributed by atoms with Crippen molar-refractivity contribution in [3.63, 3.8) is 0 Å². The number of rotatable bonds is 5. The Morgan fingerprint density at radius 1 is 1.53 bits per heavy atom. The molecule has 1 heterocycles. The van der Waals surface area contributed by atoms with E-state index in [9.17, 15) is 0 Å². The summed E-state index contributed by atoms with van der Waals surface area (Å²) in [6.45, 7) is 5.48. The van der Waals surface area contributed by atoms with Crippen LogP contribution in [0.25, 0.3) is 0 Å². The minimum absolute atomic E-state index is 0.560. The minimum atomic E-state index is 0.560. The van der Waals surface area contributed by atoms with Crippen LogP contribution in [-0.2, 0) is 7.05 Å². The molecule has 1 fully saturated rings. The average Bonchev–Trinajstić information content (AvgIpc) is 2.59. The van der Waals surface area contributed by atoms with Crippen LogP contribution in [0.3, 0.4) is 0 Å². The second-order valence-electron chi connectivity index (χ2n) is 5.23. The van der Waals surface area contributed by atoms with Crippen LogP contribution in [0, 0.1) is 5.92 Å². The summed E-state index contributed by atoms with van der Waals surface area (Å²) in [6, 6.07) is 0.560. The standard InChI is InChI=1S/C13H23N3O/c1-9(2)14-7-10-5-6-11(10)13-12(17-4)8-15-16(13)3/h8-11,14H,5-7H2,1-4H3. The molecule has 0 saturated heterocycles. The Kier molecular flexibility index (Phi) is 3.72. The third-order valence-corrected chi connectivity index (χ3v) is 3.73. The lowest BCUT2D eigenvalue weighted by atomic mass is 9.71. The molecule has 2 atom stereocenters. The Bertz CT molecular complexity index is 373.